The normalized spacial score (nSPS) is 21.2. The maximum absolute atomic E-state index is 12.8. The van der Waals surface area contributed by atoms with Gasteiger partial charge in [0.15, 0.2) is 0 Å². The zero-order valence-electron chi connectivity index (χ0n) is 16.7. The number of amides is 2. The van der Waals surface area contributed by atoms with E-state index in [1.165, 1.54) is 0 Å². The lowest BCUT2D eigenvalue weighted by molar-refractivity contribution is -0.122. The van der Waals surface area contributed by atoms with Gasteiger partial charge in [0.25, 0.3) is 0 Å². The third kappa shape index (κ3) is 5.43. The molecule has 2 atom stereocenters. The van der Waals surface area contributed by atoms with Crippen LogP contribution in [-0.4, -0.2) is 43.3 Å². The van der Waals surface area contributed by atoms with E-state index in [1.807, 2.05) is 30.3 Å². The highest BCUT2D eigenvalue weighted by Gasteiger charge is 2.28. The molecule has 31 heavy (non-hydrogen) atoms. The van der Waals surface area contributed by atoms with E-state index >= 15 is 0 Å². The summed E-state index contributed by atoms with van der Waals surface area (Å²) in [5.41, 5.74) is 5.65. The molecule has 2 aromatic rings. The highest BCUT2D eigenvalue weighted by atomic mass is 35.5. The molecule has 1 saturated heterocycles. The Morgan fingerprint density at radius 3 is 2.84 bits per heavy atom. The molecule has 9 heteroatoms. The van der Waals surface area contributed by atoms with E-state index in [0.717, 1.165) is 16.7 Å². The molecule has 2 heterocycles. The Bertz CT molecular complexity index is 1030. The lowest BCUT2D eigenvalue weighted by atomic mass is 10.0. The van der Waals surface area contributed by atoms with Gasteiger partial charge in [0, 0.05) is 13.1 Å². The predicted molar refractivity (Wildman–Crippen MR) is 119 cm³/mol. The van der Waals surface area contributed by atoms with Crippen LogP contribution in [0, 0.1) is 0 Å². The summed E-state index contributed by atoms with van der Waals surface area (Å²) in [5.74, 6) is -0.255. The molecule has 0 aromatic heterocycles. The highest BCUT2D eigenvalue weighted by molar-refractivity contribution is 6.42. The van der Waals surface area contributed by atoms with E-state index < -0.39 is 0 Å². The molecular formula is C22H22Cl2N4O3. The largest absolute Gasteiger partial charge is 0.370 e. The molecule has 3 N–H and O–H groups in total. The molecule has 0 radical (unpaired) electrons. The number of hydrazone groups is 1. The summed E-state index contributed by atoms with van der Waals surface area (Å²) in [6.45, 7) is 1.79. The molecule has 2 aliphatic rings. The minimum atomic E-state index is -0.343. The minimum Gasteiger partial charge on any atom is -0.370 e. The summed E-state index contributed by atoms with van der Waals surface area (Å²) in [5, 5.41) is 11.3. The summed E-state index contributed by atoms with van der Waals surface area (Å²) in [6.07, 6.45) is 0.101. The number of halogens is 2. The first-order valence-corrected chi connectivity index (χ1v) is 10.8. The number of rotatable bonds is 5. The molecule has 0 aliphatic carbocycles. The summed E-state index contributed by atoms with van der Waals surface area (Å²) in [6, 6.07) is 12.6. The average Bonchev–Trinajstić information content (AvgIpc) is 3.05. The molecule has 0 unspecified atom stereocenters. The van der Waals surface area contributed by atoms with Gasteiger partial charge in [-0.2, -0.15) is 5.10 Å². The van der Waals surface area contributed by atoms with Gasteiger partial charge >= 0.3 is 0 Å². The van der Waals surface area contributed by atoms with Crippen LogP contribution in [0.3, 0.4) is 0 Å². The molecule has 2 amide bonds. The van der Waals surface area contributed by atoms with E-state index in [-0.39, 0.29) is 36.8 Å². The zero-order valence-corrected chi connectivity index (χ0v) is 18.2. The van der Waals surface area contributed by atoms with Crippen molar-refractivity contribution in [2.24, 2.45) is 5.10 Å². The summed E-state index contributed by atoms with van der Waals surface area (Å²) < 4.78 is 6.01. The Labute approximate surface area is 190 Å². The van der Waals surface area contributed by atoms with Gasteiger partial charge in [-0.25, -0.2) is 5.43 Å². The molecule has 4 rings (SSSR count). The third-order valence-corrected chi connectivity index (χ3v) is 5.93. The molecule has 1 fully saturated rings. The van der Waals surface area contributed by atoms with E-state index in [9.17, 15) is 9.59 Å². The lowest BCUT2D eigenvalue weighted by Crippen LogP contribution is -2.45. The number of benzene rings is 2. The Kier molecular flexibility index (Phi) is 6.87. The standard InChI is InChI=1S/C22H22Cl2N4O3/c23-16-5-4-15(10-17(16)24)22-19(12-25-6-7-31-22)26-20(29)9-13-2-1-3-14(8-13)18-11-21(30)28-27-18/h1-5,8,10,19,22,25H,6-7,9,11-12H2,(H,26,29)(H,28,30)/t19-,22+/m1/s1. The van der Waals surface area contributed by atoms with Crippen molar-refractivity contribution in [1.29, 1.82) is 0 Å². The first-order chi connectivity index (χ1) is 15.0. The van der Waals surface area contributed by atoms with Crippen LogP contribution in [0.4, 0.5) is 0 Å². The zero-order chi connectivity index (χ0) is 21.8. The van der Waals surface area contributed by atoms with Crippen molar-refractivity contribution in [1.82, 2.24) is 16.1 Å². The Hall–Kier alpha value is -2.45. The van der Waals surface area contributed by atoms with Crippen molar-refractivity contribution >= 4 is 40.7 Å². The molecule has 162 valence electrons. The maximum atomic E-state index is 12.8. The van der Waals surface area contributed by atoms with Gasteiger partial charge < -0.3 is 15.4 Å². The second-order valence-corrected chi connectivity index (χ2v) is 8.30. The average molecular weight is 461 g/mol. The van der Waals surface area contributed by atoms with E-state index in [0.29, 0.717) is 35.5 Å². The van der Waals surface area contributed by atoms with E-state index in [2.05, 4.69) is 21.2 Å². The molecule has 7 nitrogen and oxygen atoms in total. The molecule has 0 saturated carbocycles. The second-order valence-electron chi connectivity index (χ2n) is 7.49. The van der Waals surface area contributed by atoms with Crippen LogP contribution in [0.1, 0.15) is 29.2 Å². The number of nitrogens with zero attached hydrogens (tertiary/aromatic N) is 1. The SMILES string of the molecule is O=C1CC(c2cccc(CC(=O)N[C@@H]3CNCCO[C@H]3c3ccc(Cl)c(Cl)c3)c2)=NN1. The number of hydrogen-bond donors (Lipinski definition) is 3. The van der Waals surface area contributed by atoms with Crippen molar-refractivity contribution in [2.45, 2.75) is 25.0 Å². The first kappa shape index (κ1) is 21.8. The van der Waals surface area contributed by atoms with Gasteiger partial charge in [0.05, 0.1) is 41.2 Å². The monoisotopic (exact) mass is 460 g/mol. The molecule has 0 spiro atoms. The van der Waals surface area contributed by atoms with Crippen molar-refractivity contribution in [2.75, 3.05) is 19.7 Å². The Morgan fingerprint density at radius 2 is 2.06 bits per heavy atom. The van der Waals surface area contributed by atoms with Crippen LogP contribution < -0.4 is 16.1 Å². The van der Waals surface area contributed by atoms with Gasteiger partial charge in [-0.3, -0.25) is 9.59 Å². The van der Waals surface area contributed by atoms with Crippen molar-refractivity contribution < 1.29 is 14.3 Å². The van der Waals surface area contributed by atoms with E-state index in [1.54, 1.807) is 12.1 Å². The fourth-order valence-electron chi connectivity index (χ4n) is 3.72. The predicted octanol–water partition coefficient (Wildman–Crippen LogP) is 2.61. The summed E-state index contributed by atoms with van der Waals surface area (Å²) in [7, 11) is 0. The second kappa shape index (κ2) is 9.78. The van der Waals surface area contributed by atoms with Crippen LogP contribution in [0.5, 0.6) is 0 Å². The molecule has 2 aliphatic heterocycles. The van der Waals surface area contributed by atoms with Crippen LogP contribution in [-0.2, 0) is 20.7 Å². The molecular weight excluding hydrogens is 439 g/mol. The van der Waals surface area contributed by atoms with Crippen LogP contribution in [0.15, 0.2) is 47.6 Å². The third-order valence-electron chi connectivity index (χ3n) is 5.19. The van der Waals surface area contributed by atoms with E-state index in [4.69, 9.17) is 27.9 Å². The smallest absolute Gasteiger partial charge is 0.246 e. The van der Waals surface area contributed by atoms with Gasteiger partial charge in [0.2, 0.25) is 11.8 Å². The Morgan fingerprint density at radius 1 is 1.19 bits per heavy atom. The minimum absolute atomic E-state index is 0.123. The lowest BCUT2D eigenvalue weighted by Gasteiger charge is -2.26. The fourth-order valence-corrected chi connectivity index (χ4v) is 4.02. The number of carbonyl (C=O) groups is 2. The van der Waals surface area contributed by atoms with Gasteiger partial charge in [-0.1, -0.05) is 47.5 Å². The quantitative estimate of drug-likeness (QED) is 0.639. The number of carbonyl (C=O) groups excluding carboxylic acids is 2. The Balaban J connectivity index is 1.46. The summed E-state index contributed by atoms with van der Waals surface area (Å²) in [4.78, 5) is 24.2. The summed E-state index contributed by atoms with van der Waals surface area (Å²) >= 11 is 12.2. The highest BCUT2D eigenvalue weighted by Crippen LogP contribution is 2.29. The van der Waals surface area contributed by atoms with Crippen molar-refractivity contribution in [3.63, 3.8) is 0 Å². The van der Waals surface area contributed by atoms with Crippen molar-refractivity contribution in [3.8, 4) is 0 Å². The van der Waals surface area contributed by atoms with Crippen LogP contribution in [0.25, 0.3) is 0 Å². The number of ether oxygens (including phenoxy) is 1. The number of hydrogen-bond acceptors (Lipinski definition) is 5. The molecule has 2 aromatic carbocycles. The van der Waals surface area contributed by atoms with Crippen LogP contribution in [0.2, 0.25) is 10.0 Å². The van der Waals surface area contributed by atoms with Crippen LogP contribution >= 0.6 is 23.2 Å². The topological polar surface area (TPSA) is 91.8 Å². The fraction of sp³-hybridized carbons (Fsp3) is 0.318. The van der Waals surface area contributed by atoms with Gasteiger partial charge in [-0.15, -0.1) is 0 Å². The van der Waals surface area contributed by atoms with Gasteiger partial charge in [0.1, 0.15) is 6.10 Å². The number of nitrogens with one attached hydrogen (secondary N) is 3. The maximum Gasteiger partial charge on any atom is 0.246 e. The molecule has 0 bridgehead atoms. The van der Waals surface area contributed by atoms with Crippen molar-refractivity contribution in [3.05, 3.63) is 69.2 Å². The first-order valence-electron chi connectivity index (χ1n) is 10.0. The van der Waals surface area contributed by atoms with Gasteiger partial charge in [-0.05, 0) is 34.9 Å².